The number of carboxylic acid groups (broad SMARTS) is 1. The lowest BCUT2D eigenvalue weighted by Crippen LogP contribution is -2.41. The molecular weight excluding hydrogens is 294 g/mol. The molecule has 0 heterocycles. The summed E-state index contributed by atoms with van der Waals surface area (Å²) in [5.74, 6) is -0.652. The van der Waals surface area contributed by atoms with Crippen molar-refractivity contribution >= 4 is 17.4 Å². The van der Waals surface area contributed by atoms with Crippen LogP contribution in [0.3, 0.4) is 0 Å². The Kier molecular flexibility index (Phi) is 6.82. The molecular formula is C18H25NO4. The van der Waals surface area contributed by atoms with Gasteiger partial charge >= 0.3 is 5.97 Å². The molecule has 0 saturated heterocycles. The number of benzene rings is 1. The number of carbonyl (C=O) groups is 2. The van der Waals surface area contributed by atoms with Crippen LogP contribution >= 0.6 is 0 Å². The molecule has 0 spiro atoms. The predicted octanol–water partition coefficient (Wildman–Crippen LogP) is 3.20. The zero-order chi connectivity index (χ0) is 17.6. The molecule has 0 fully saturated rings. The summed E-state index contributed by atoms with van der Waals surface area (Å²) in [6.45, 7) is 9.31. The standard InChI is InChI=1S/C18H25NO4/c1-12(2)19(13(3)4)17(20)10-14(5)15-8-6-7-9-16(15)23-11-18(21)22/h6-10,12-13H,11H2,1-5H3,(H,21,22)/b14-10+. The molecule has 0 atom stereocenters. The van der Waals surface area contributed by atoms with E-state index in [-0.39, 0.29) is 18.0 Å². The Morgan fingerprint density at radius 2 is 1.74 bits per heavy atom. The third-order valence-electron chi connectivity index (χ3n) is 3.37. The molecule has 0 aliphatic rings. The topological polar surface area (TPSA) is 66.8 Å². The maximum absolute atomic E-state index is 12.5. The van der Waals surface area contributed by atoms with Crippen molar-refractivity contribution in [3.8, 4) is 5.75 Å². The zero-order valence-corrected chi connectivity index (χ0v) is 14.4. The summed E-state index contributed by atoms with van der Waals surface area (Å²) in [7, 11) is 0. The monoisotopic (exact) mass is 319 g/mol. The van der Waals surface area contributed by atoms with E-state index >= 15 is 0 Å². The second-order valence-corrected chi connectivity index (χ2v) is 5.94. The second kappa shape index (κ2) is 8.36. The highest BCUT2D eigenvalue weighted by Gasteiger charge is 2.19. The van der Waals surface area contributed by atoms with Gasteiger partial charge in [0.25, 0.3) is 0 Å². The number of carboxylic acids is 1. The minimum absolute atomic E-state index is 0.0689. The van der Waals surface area contributed by atoms with Gasteiger partial charge < -0.3 is 14.7 Å². The first-order valence-corrected chi connectivity index (χ1v) is 7.68. The molecule has 0 aliphatic carbocycles. The van der Waals surface area contributed by atoms with Gasteiger partial charge in [-0.2, -0.15) is 0 Å². The molecule has 1 aromatic rings. The number of amides is 1. The van der Waals surface area contributed by atoms with Crippen LogP contribution in [-0.4, -0.2) is 40.6 Å². The van der Waals surface area contributed by atoms with Gasteiger partial charge in [-0.1, -0.05) is 18.2 Å². The fraction of sp³-hybridized carbons (Fsp3) is 0.444. The third kappa shape index (κ3) is 5.43. The van der Waals surface area contributed by atoms with Gasteiger partial charge in [-0.3, -0.25) is 4.79 Å². The lowest BCUT2D eigenvalue weighted by Gasteiger charge is -2.30. The molecule has 126 valence electrons. The van der Waals surface area contributed by atoms with Crippen molar-refractivity contribution in [3.05, 3.63) is 35.9 Å². The summed E-state index contributed by atoms with van der Waals surface area (Å²) >= 11 is 0. The van der Waals surface area contributed by atoms with Crippen LogP contribution < -0.4 is 4.74 Å². The van der Waals surface area contributed by atoms with E-state index < -0.39 is 12.6 Å². The maximum Gasteiger partial charge on any atom is 0.341 e. The van der Waals surface area contributed by atoms with Gasteiger partial charge in [0, 0.05) is 23.7 Å². The Hall–Kier alpha value is -2.30. The van der Waals surface area contributed by atoms with Crippen LogP contribution in [0.15, 0.2) is 30.3 Å². The number of allylic oxidation sites excluding steroid dienone is 1. The van der Waals surface area contributed by atoms with Crippen LogP contribution in [0.25, 0.3) is 5.57 Å². The average Bonchev–Trinajstić information content (AvgIpc) is 2.44. The number of rotatable bonds is 7. The molecule has 5 heteroatoms. The van der Waals surface area contributed by atoms with Crippen LogP contribution in [-0.2, 0) is 9.59 Å². The fourth-order valence-electron chi connectivity index (χ4n) is 2.50. The quantitative estimate of drug-likeness (QED) is 0.784. The highest BCUT2D eigenvalue weighted by molar-refractivity contribution is 5.95. The van der Waals surface area contributed by atoms with Crippen molar-refractivity contribution in [2.75, 3.05) is 6.61 Å². The van der Waals surface area contributed by atoms with E-state index in [1.54, 1.807) is 23.1 Å². The first-order chi connectivity index (χ1) is 10.7. The van der Waals surface area contributed by atoms with E-state index in [1.165, 1.54) is 0 Å². The van der Waals surface area contributed by atoms with Crippen molar-refractivity contribution in [1.82, 2.24) is 4.90 Å². The normalized spacial score (nSPS) is 11.7. The number of carbonyl (C=O) groups excluding carboxylic acids is 1. The first kappa shape index (κ1) is 18.7. The molecule has 0 aromatic heterocycles. The van der Waals surface area contributed by atoms with Crippen molar-refractivity contribution in [2.24, 2.45) is 0 Å². The number of ether oxygens (including phenoxy) is 1. The molecule has 0 radical (unpaired) electrons. The molecule has 1 rings (SSSR count). The fourth-order valence-corrected chi connectivity index (χ4v) is 2.50. The van der Waals surface area contributed by atoms with E-state index in [1.807, 2.05) is 46.8 Å². The van der Waals surface area contributed by atoms with Gasteiger partial charge in [0.2, 0.25) is 5.91 Å². The van der Waals surface area contributed by atoms with Crippen LogP contribution in [0.1, 0.15) is 40.2 Å². The first-order valence-electron chi connectivity index (χ1n) is 7.68. The Morgan fingerprint density at radius 3 is 2.26 bits per heavy atom. The zero-order valence-electron chi connectivity index (χ0n) is 14.4. The number of aliphatic carboxylic acids is 1. The molecule has 1 aromatic carbocycles. The van der Waals surface area contributed by atoms with Crippen molar-refractivity contribution in [1.29, 1.82) is 0 Å². The SMILES string of the molecule is C/C(=C\C(=O)N(C(C)C)C(C)C)c1ccccc1OCC(=O)O. The Morgan fingerprint density at radius 1 is 1.17 bits per heavy atom. The van der Waals surface area contributed by atoms with Crippen LogP contribution in [0.5, 0.6) is 5.75 Å². The molecule has 0 aliphatic heterocycles. The minimum Gasteiger partial charge on any atom is -0.481 e. The highest BCUT2D eigenvalue weighted by atomic mass is 16.5. The van der Waals surface area contributed by atoms with Gasteiger partial charge in [-0.25, -0.2) is 4.79 Å². The van der Waals surface area contributed by atoms with E-state index in [9.17, 15) is 9.59 Å². The van der Waals surface area contributed by atoms with E-state index in [4.69, 9.17) is 9.84 Å². The number of nitrogens with zero attached hydrogens (tertiary/aromatic N) is 1. The van der Waals surface area contributed by atoms with E-state index in [0.29, 0.717) is 5.75 Å². The predicted molar refractivity (Wildman–Crippen MR) is 90.3 cm³/mol. The summed E-state index contributed by atoms with van der Waals surface area (Å²) in [5, 5.41) is 8.74. The summed E-state index contributed by atoms with van der Waals surface area (Å²) in [6, 6.07) is 7.31. The molecule has 1 amide bonds. The van der Waals surface area contributed by atoms with Crippen LogP contribution in [0.4, 0.5) is 0 Å². The lowest BCUT2D eigenvalue weighted by molar-refractivity contribution is -0.139. The highest BCUT2D eigenvalue weighted by Crippen LogP contribution is 2.26. The van der Waals surface area contributed by atoms with Gasteiger partial charge in [0.05, 0.1) is 0 Å². The summed E-state index contributed by atoms with van der Waals surface area (Å²) in [5.41, 5.74) is 1.46. The van der Waals surface area contributed by atoms with Crippen molar-refractivity contribution < 1.29 is 19.4 Å². The summed E-state index contributed by atoms with van der Waals surface area (Å²) in [4.78, 5) is 25.0. The number of para-hydroxylation sites is 1. The van der Waals surface area contributed by atoms with Crippen LogP contribution in [0.2, 0.25) is 0 Å². The Bertz CT molecular complexity index is 582. The van der Waals surface area contributed by atoms with Gasteiger partial charge in [0.1, 0.15) is 5.75 Å². The van der Waals surface area contributed by atoms with Crippen LogP contribution in [0, 0.1) is 0 Å². The van der Waals surface area contributed by atoms with E-state index in [2.05, 4.69) is 0 Å². The lowest BCUT2D eigenvalue weighted by atomic mass is 10.1. The molecule has 5 nitrogen and oxygen atoms in total. The molecule has 0 unspecified atom stereocenters. The van der Waals surface area contributed by atoms with Crippen molar-refractivity contribution in [2.45, 2.75) is 46.7 Å². The van der Waals surface area contributed by atoms with Gasteiger partial charge in [-0.05, 0) is 46.3 Å². The Balaban J connectivity index is 3.06. The van der Waals surface area contributed by atoms with Gasteiger partial charge in [0.15, 0.2) is 6.61 Å². The molecule has 1 N–H and O–H groups in total. The largest absolute Gasteiger partial charge is 0.481 e. The molecule has 0 bridgehead atoms. The maximum atomic E-state index is 12.5. The Labute approximate surface area is 137 Å². The smallest absolute Gasteiger partial charge is 0.341 e. The summed E-state index contributed by atoms with van der Waals surface area (Å²) < 4.78 is 5.29. The summed E-state index contributed by atoms with van der Waals surface area (Å²) in [6.07, 6.45) is 1.57. The second-order valence-electron chi connectivity index (χ2n) is 5.94. The number of hydrogen-bond acceptors (Lipinski definition) is 3. The number of hydrogen-bond donors (Lipinski definition) is 1. The molecule has 0 saturated carbocycles. The average molecular weight is 319 g/mol. The third-order valence-corrected chi connectivity index (χ3v) is 3.37. The van der Waals surface area contributed by atoms with Gasteiger partial charge in [-0.15, -0.1) is 0 Å². The molecule has 23 heavy (non-hydrogen) atoms. The van der Waals surface area contributed by atoms with Crippen molar-refractivity contribution in [3.63, 3.8) is 0 Å². The van der Waals surface area contributed by atoms with E-state index in [0.717, 1.165) is 11.1 Å². The minimum atomic E-state index is -1.04.